The van der Waals surface area contributed by atoms with Crippen LogP contribution in [0.4, 0.5) is 0 Å². The average molecular weight is 230 g/mol. The van der Waals surface area contributed by atoms with E-state index in [1.807, 2.05) is 0 Å². The van der Waals surface area contributed by atoms with E-state index in [1.165, 1.54) is 17.4 Å². The zero-order chi connectivity index (χ0) is 10.1. The van der Waals surface area contributed by atoms with Crippen LogP contribution in [0.3, 0.4) is 0 Å². The highest BCUT2D eigenvalue weighted by Gasteiger charge is 2.11. The fraction of sp³-hybridized carbons (Fsp3) is 0. The summed E-state index contributed by atoms with van der Waals surface area (Å²) in [6, 6.07) is 1.44. The Morgan fingerprint density at radius 2 is 2.43 bits per heavy atom. The zero-order valence-corrected chi connectivity index (χ0v) is 8.26. The van der Waals surface area contributed by atoms with Crippen molar-refractivity contribution in [1.82, 2.24) is 15.2 Å². The van der Waals surface area contributed by atoms with Crippen molar-refractivity contribution in [2.45, 2.75) is 0 Å². The topological polar surface area (TPSA) is 78.9 Å². The third-order valence-corrected chi connectivity index (χ3v) is 2.69. The first-order valence-corrected chi connectivity index (χ1v) is 4.76. The number of hydrogen-bond acceptors (Lipinski definition) is 4. The molecule has 0 aliphatic rings. The molecule has 0 aliphatic carbocycles. The van der Waals surface area contributed by atoms with E-state index in [1.54, 1.807) is 6.20 Å². The molecule has 0 unspecified atom stereocenters. The molecule has 0 radical (unpaired) electrons. The number of carbonyl (C=O) groups is 1. The maximum Gasteiger partial charge on any atom is 0.356 e. The van der Waals surface area contributed by atoms with Gasteiger partial charge in [0, 0.05) is 6.20 Å². The Kier molecular flexibility index (Phi) is 2.22. The Balaban J connectivity index is 2.38. The summed E-state index contributed by atoms with van der Waals surface area (Å²) in [5, 5.41) is 14.8. The van der Waals surface area contributed by atoms with E-state index in [4.69, 9.17) is 16.7 Å². The lowest BCUT2D eigenvalue weighted by Gasteiger charge is -1.84. The van der Waals surface area contributed by atoms with Crippen LogP contribution in [-0.2, 0) is 0 Å². The summed E-state index contributed by atoms with van der Waals surface area (Å²) in [5.74, 6) is -1.07. The molecule has 0 bridgehead atoms. The van der Waals surface area contributed by atoms with Crippen molar-refractivity contribution in [3.63, 3.8) is 0 Å². The van der Waals surface area contributed by atoms with Crippen LogP contribution >= 0.6 is 22.9 Å². The number of aromatic amines is 1. The van der Waals surface area contributed by atoms with Gasteiger partial charge in [-0.25, -0.2) is 9.78 Å². The second-order valence-corrected chi connectivity index (χ2v) is 4.06. The number of hydrogen-bond donors (Lipinski definition) is 2. The maximum absolute atomic E-state index is 10.5. The lowest BCUT2D eigenvalue weighted by molar-refractivity contribution is 0.0690. The lowest BCUT2D eigenvalue weighted by Crippen LogP contribution is -1.95. The summed E-state index contributed by atoms with van der Waals surface area (Å²) in [7, 11) is 0. The molecule has 0 aromatic carbocycles. The minimum atomic E-state index is -1.07. The second-order valence-electron chi connectivity index (χ2n) is 2.45. The summed E-state index contributed by atoms with van der Waals surface area (Å²) in [4.78, 5) is 15.1. The summed E-state index contributed by atoms with van der Waals surface area (Å²) >= 11 is 6.89. The van der Waals surface area contributed by atoms with Crippen LogP contribution in [0.5, 0.6) is 0 Å². The van der Waals surface area contributed by atoms with Crippen molar-refractivity contribution < 1.29 is 9.90 Å². The Labute approximate surface area is 87.4 Å². The second kappa shape index (κ2) is 3.39. The van der Waals surface area contributed by atoms with Gasteiger partial charge in [0.05, 0.1) is 10.6 Å². The van der Waals surface area contributed by atoms with Gasteiger partial charge in [0.2, 0.25) is 0 Å². The first-order valence-electron chi connectivity index (χ1n) is 3.57. The van der Waals surface area contributed by atoms with Crippen LogP contribution in [0.1, 0.15) is 10.5 Å². The van der Waals surface area contributed by atoms with Crippen LogP contribution in [0.15, 0.2) is 12.3 Å². The third kappa shape index (κ3) is 1.61. The van der Waals surface area contributed by atoms with Gasteiger partial charge in [-0.05, 0) is 6.07 Å². The van der Waals surface area contributed by atoms with Crippen molar-refractivity contribution in [2.75, 3.05) is 0 Å². The minimum Gasteiger partial charge on any atom is -0.476 e. The highest BCUT2D eigenvalue weighted by molar-refractivity contribution is 7.18. The van der Waals surface area contributed by atoms with Gasteiger partial charge in [-0.3, -0.25) is 5.10 Å². The van der Waals surface area contributed by atoms with E-state index in [2.05, 4.69) is 15.2 Å². The molecule has 7 heteroatoms. The Bertz CT molecular complexity index is 479. The molecule has 14 heavy (non-hydrogen) atoms. The molecule has 0 fully saturated rings. The van der Waals surface area contributed by atoms with Crippen LogP contribution in [0.2, 0.25) is 4.47 Å². The van der Waals surface area contributed by atoms with Gasteiger partial charge in [-0.2, -0.15) is 5.10 Å². The number of carboxylic acid groups (broad SMARTS) is 1. The zero-order valence-electron chi connectivity index (χ0n) is 6.69. The van der Waals surface area contributed by atoms with E-state index < -0.39 is 5.97 Å². The SMILES string of the molecule is O=C(O)c1cc(-c2cnc(Cl)s2)[nH]n1. The number of halogens is 1. The fourth-order valence-corrected chi connectivity index (χ4v) is 1.84. The van der Waals surface area contributed by atoms with Crippen molar-refractivity contribution in [3.8, 4) is 10.6 Å². The quantitative estimate of drug-likeness (QED) is 0.824. The molecule has 0 saturated carbocycles. The largest absolute Gasteiger partial charge is 0.476 e. The van der Waals surface area contributed by atoms with Crippen molar-refractivity contribution in [2.24, 2.45) is 0 Å². The van der Waals surface area contributed by atoms with Crippen molar-refractivity contribution in [3.05, 3.63) is 22.4 Å². The molecule has 2 rings (SSSR count). The van der Waals surface area contributed by atoms with Gasteiger partial charge in [0.25, 0.3) is 0 Å². The third-order valence-electron chi connectivity index (χ3n) is 1.54. The van der Waals surface area contributed by atoms with Crippen LogP contribution in [0, 0.1) is 0 Å². The summed E-state index contributed by atoms with van der Waals surface area (Å²) in [6.45, 7) is 0. The molecule has 0 saturated heterocycles. The van der Waals surface area contributed by atoms with Gasteiger partial charge in [-0.1, -0.05) is 11.6 Å². The normalized spacial score (nSPS) is 10.4. The highest BCUT2D eigenvalue weighted by Crippen LogP contribution is 2.27. The van der Waals surface area contributed by atoms with E-state index in [0.717, 1.165) is 4.88 Å². The van der Waals surface area contributed by atoms with Gasteiger partial charge in [-0.15, -0.1) is 11.3 Å². The van der Waals surface area contributed by atoms with E-state index in [-0.39, 0.29) is 5.69 Å². The molecule has 0 atom stereocenters. The number of H-pyrrole nitrogens is 1. The number of aromatic nitrogens is 3. The smallest absolute Gasteiger partial charge is 0.356 e. The fourth-order valence-electron chi connectivity index (χ4n) is 0.935. The Morgan fingerprint density at radius 1 is 1.64 bits per heavy atom. The maximum atomic E-state index is 10.5. The molecule has 72 valence electrons. The molecule has 2 N–H and O–H groups in total. The standard InChI is InChI=1S/C7H4ClN3O2S/c8-7-9-2-5(14-7)3-1-4(6(12)13)11-10-3/h1-2H,(H,10,11)(H,12,13). The number of thiazole rings is 1. The molecule has 2 aromatic rings. The molecule has 0 aliphatic heterocycles. The monoisotopic (exact) mass is 229 g/mol. The molecular formula is C7H4ClN3O2S. The number of rotatable bonds is 2. The first-order chi connectivity index (χ1) is 6.66. The van der Waals surface area contributed by atoms with Crippen LogP contribution < -0.4 is 0 Å². The number of nitrogens with one attached hydrogen (secondary N) is 1. The van der Waals surface area contributed by atoms with E-state index in [0.29, 0.717) is 10.2 Å². The lowest BCUT2D eigenvalue weighted by atomic mass is 10.3. The number of nitrogens with zero attached hydrogens (tertiary/aromatic N) is 2. The summed E-state index contributed by atoms with van der Waals surface area (Å²) < 4.78 is 0.409. The van der Waals surface area contributed by atoms with E-state index >= 15 is 0 Å². The predicted octanol–water partition coefficient (Wildman–Crippen LogP) is 1.88. The first kappa shape index (κ1) is 9.17. The van der Waals surface area contributed by atoms with Gasteiger partial charge in [0.1, 0.15) is 0 Å². The molecular weight excluding hydrogens is 226 g/mol. The highest BCUT2D eigenvalue weighted by atomic mass is 35.5. The average Bonchev–Trinajstić information content (AvgIpc) is 2.70. The molecule has 0 amide bonds. The molecule has 2 heterocycles. The van der Waals surface area contributed by atoms with Crippen LogP contribution in [-0.4, -0.2) is 26.3 Å². The van der Waals surface area contributed by atoms with Crippen LogP contribution in [0.25, 0.3) is 10.6 Å². The molecule has 0 spiro atoms. The summed E-state index contributed by atoms with van der Waals surface area (Å²) in [6.07, 6.45) is 1.56. The van der Waals surface area contributed by atoms with Gasteiger partial charge < -0.3 is 5.11 Å². The molecule has 2 aromatic heterocycles. The van der Waals surface area contributed by atoms with E-state index in [9.17, 15) is 4.79 Å². The van der Waals surface area contributed by atoms with Gasteiger partial charge in [0.15, 0.2) is 10.2 Å². The number of carboxylic acids is 1. The Morgan fingerprint density at radius 3 is 2.93 bits per heavy atom. The Hall–Kier alpha value is -1.40. The minimum absolute atomic E-state index is 0.0236. The van der Waals surface area contributed by atoms with Crippen molar-refractivity contribution >= 4 is 28.9 Å². The predicted molar refractivity (Wildman–Crippen MR) is 51.7 cm³/mol. The van der Waals surface area contributed by atoms with Gasteiger partial charge >= 0.3 is 5.97 Å². The summed E-state index contributed by atoms with van der Waals surface area (Å²) in [5.41, 5.74) is 0.580. The number of aromatic carboxylic acids is 1. The van der Waals surface area contributed by atoms with Crippen molar-refractivity contribution in [1.29, 1.82) is 0 Å². The molecule has 5 nitrogen and oxygen atoms in total.